The molecule has 3 rings (SSSR count). The van der Waals surface area contributed by atoms with E-state index in [1.807, 2.05) is 0 Å². The number of sulfonamides is 1. The van der Waals surface area contributed by atoms with Crippen LogP contribution in [0.4, 0.5) is 15.8 Å². The quantitative estimate of drug-likeness (QED) is 0.870. The van der Waals surface area contributed by atoms with Crippen LogP contribution < -0.4 is 10.0 Å². The number of hydrogen-bond acceptors (Lipinski definition) is 3. The number of benzene rings is 2. The standard InChI is InChI=1S/C16H14ClFN2O3S/c1-16(2)11-8-10(4-6-14(11)19-15(16)21)24(22,23)20-9-3-5-13(18)12(17)7-9/h3-8,20H,1-2H3,(H,19,21). The Bertz CT molecular complexity index is 958. The molecule has 0 spiro atoms. The third-order valence-corrected chi connectivity index (χ3v) is 5.63. The highest BCUT2D eigenvalue weighted by molar-refractivity contribution is 7.92. The summed E-state index contributed by atoms with van der Waals surface area (Å²) in [5.74, 6) is -0.825. The lowest BCUT2D eigenvalue weighted by atomic mass is 9.86. The first-order valence-electron chi connectivity index (χ1n) is 7.05. The molecule has 2 aromatic rings. The first kappa shape index (κ1) is 16.7. The van der Waals surface area contributed by atoms with Crippen LogP contribution in [0.25, 0.3) is 0 Å². The van der Waals surface area contributed by atoms with Gasteiger partial charge in [-0.3, -0.25) is 9.52 Å². The second-order valence-corrected chi connectivity index (χ2v) is 8.11. The van der Waals surface area contributed by atoms with E-state index in [0.717, 1.165) is 6.07 Å². The molecule has 24 heavy (non-hydrogen) atoms. The Morgan fingerprint density at radius 2 is 1.88 bits per heavy atom. The van der Waals surface area contributed by atoms with Gasteiger partial charge in [0.15, 0.2) is 0 Å². The van der Waals surface area contributed by atoms with E-state index in [4.69, 9.17) is 11.6 Å². The Labute approximate surface area is 143 Å². The van der Waals surface area contributed by atoms with E-state index in [0.29, 0.717) is 11.3 Å². The Kier molecular flexibility index (Phi) is 3.80. The SMILES string of the molecule is CC1(C)C(=O)Nc2ccc(S(=O)(=O)Nc3ccc(F)c(Cl)c3)cc21. The van der Waals surface area contributed by atoms with Gasteiger partial charge in [-0.2, -0.15) is 0 Å². The summed E-state index contributed by atoms with van der Waals surface area (Å²) in [4.78, 5) is 12.0. The third-order valence-electron chi connectivity index (χ3n) is 3.96. The van der Waals surface area contributed by atoms with E-state index in [-0.39, 0.29) is 21.5 Å². The van der Waals surface area contributed by atoms with Gasteiger partial charge in [0.25, 0.3) is 10.0 Å². The molecule has 0 aliphatic carbocycles. The van der Waals surface area contributed by atoms with Crippen LogP contribution in [0.1, 0.15) is 19.4 Å². The number of rotatable bonds is 3. The van der Waals surface area contributed by atoms with Gasteiger partial charge in [0.1, 0.15) is 5.82 Å². The van der Waals surface area contributed by atoms with Crippen molar-refractivity contribution < 1.29 is 17.6 Å². The molecule has 0 saturated heterocycles. The number of hydrogen-bond donors (Lipinski definition) is 2. The van der Waals surface area contributed by atoms with Gasteiger partial charge in [0, 0.05) is 5.69 Å². The van der Waals surface area contributed by atoms with Crippen molar-refractivity contribution in [1.29, 1.82) is 0 Å². The molecule has 2 N–H and O–H groups in total. The van der Waals surface area contributed by atoms with Gasteiger partial charge in [-0.15, -0.1) is 0 Å². The molecular weight excluding hydrogens is 355 g/mol. The molecule has 0 atom stereocenters. The van der Waals surface area contributed by atoms with Gasteiger partial charge in [-0.1, -0.05) is 11.6 Å². The minimum atomic E-state index is -3.90. The number of fused-ring (bicyclic) bond motifs is 1. The molecule has 0 fully saturated rings. The Morgan fingerprint density at radius 1 is 1.17 bits per heavy atom. The summed E-state index contributed by atoms with van der Waals surface area (Å²) in [6, 6.07) is 7.95. The van der Waals surface area contributed by atoms with Gasteiger partial charge in [-0.05, 0) is 55.8 Å². The van der Waals surface area contributed by atoms with Crippen molar-refractivity contribution in [2.45, 2.75) is 24.2 Å². The smallest absolute Gasteiger partial charge is 0.261 e. The van der Waals surface area contributed by atoms with E-state index in [2.05, 4.69) is 10.0 Å². The predicted molar refractivity (Wildman–Crippen MR) is 90.3 cm³/mol. The average molecular weight is 369 g/mol. The fraction of sp³-hybridized carbons (Fsp3) is 0.188. The molecule has 2 aromatic carbocycles. The average Bonchev–Trinajstić information content (AvgIpc) is 2.72. The maximum Gasteiger partial charge on any atom is 0.261 e. The topological polar surface area (TPSA) is 75.3 Å². The zero-order valence-electron chi connectivity index (χ0n) is 12.9. The molecule has 5 nitrogen and oxygen atoms in total. The van der Waals surface area contributed by atoms with Crippen LogP contribution in [0, 0.1) is 5.82 Å². The number of anilines is 2. The van der Waals surface area contributed by atoms with Crippen LogP contribution in [0.15, 0.2) is 41.3 Å². The van der Waals surface area contributed by atoms with Gasteiger partial charge < -0.3 is 5.32 Å². The summed E-state index contributed by atoms with van der Waals surface area (Å²) in [5.41, 5.74) is 0.525. The van der Waals surface area contributed by atoms with Crippen molar-refractivity contribution in [2.75, 3.05) is 10.0 Å². The monoisotopic (exact) mass is 368 g/mol. The highest BCUT2D eigenvalue weighted by Gasteiger charge is 2.39. The summed E-state index contributed by atoms with van der Waals surface area (Å²) in [6.07, 6.45) is 0. The minimum Gasteiger partial charge on any atom is -0.325 e. The fourth-order valence-corrected chi connectivity index (χ4v) is 3.75. The fourth-order valence-electron chi connectivity index (χ4n) is 2.49. The lowest BCUT2D eigenvalue weighted by Gasteiger charge is -2.16. The van der Waals surface area contributed by atoms with Crippen LogP contribution >= 0.6 is 11.6 Å². The molecule has 1 heterocycles. The molecule has 1 amide bonds. The van der Waals surface area contributed by atoms with Crippen molar-refractivity contribution in [3.8, 4) is 0 Å². The molecule has 126 valence electrons. The van der Waals surface area contributed by atoms with E-state index in [1.165, 1.54) is 24.3 Å². The predicted octanol–water partition coefficient (Wildman–Crippen LogP) is 3.51. The lowest BCUT2D eigenvalue weighted by molar-refractivity contribution is -0.119. The summed E-state index contributed by atoms with van der Waals surface area (Å²) in [7, 11) is -3.90. The number of carbonyl (C=O) groups is 1. The van der Waals surface area contributed by atoms with E-state index >= 15 is 0 Å². The van der Waals surface area contributed by atoms with Gasteiger partial charge in [0.05, 0.1) is 21.0 Å². The third kappa shape index (κ3) is 2.74. The minimum absolute atomic E-state index is 0.00581. The van der Waals surface area contributed by atoms with Gasteiger partial charge in [-0.25, -0.2) is 12.8 Å². The lowest BCUT2D eigenvalue weighted by Crippen LogP contribution is -2.27. The summed E-state index contributed by atoms with van der Waals surface area (Å²) >= 11 is 5.66. The van der Waals surface area contributed by atoms with Crippen molar-refractivity contribution in [1.82, 2.24) is 0 Å². The highest BCUT2D eigenvalue weighted by Crippen LogP contribution is 2.38. The number of amides is 1. The second-order valence-electron chi connectivity index (χ2n) is 6.02. The molecule has 0 radical (unpaired) electrons. The molecule has 8 heteroatoms. The molecule has 1 aliphatic heterocycles. The molecule has 0 saturated carbocycles. The van der Waals surface area contributed by atoms with Crippen molar-refractivity contribution >= 4 is 38.9 Å². The summed E-state index contributed by atoms with van der Waals surface area (Å²) in [6.45, 7) is 3.44. The first-order chi connectivity index (χ1) is 11.1. The zero-order chi connectivity index (χ0) is 17.7. The van der Waals surface area contributed by atoms with Crippen LogP contribution in [0.5, 0.6) is 0 Å². The van der Waals surface area contributed by atoms with Crippen molar-refractivity contribution in [2.24, 2.45) is 0 Å². The van der Waals surface area contributed by atoms with E-state index in [1.54, 1.807) is 19.9 Å². The number of carbonyl (C=O) groups excluding carboxylic acids is 1. The van der Waals surface area contributed by atoms with E-state index in [9.17, 15) is 17.6 Å². The Morgan fingerprint density at radius 3 is 2.54 bits per heavy atom. The molecule has 0 unspecified atom stereocenters. The number of nitrogens with one attached hydrogen (secondary N) is 2. The Hall–Kier alpha value is -2.12. The molecular formula is C16H14ClFN2O3S. The van der Waals surface area contributed by atoms with Crippen LogP contribution in [0.3, 0.4) is 0 Å². The van der Waals surface area contributed by atoms with Gasteiger partial charge in [0.2, 0.25) is 5.91 Å². The Balaban J connectivity index is 1.98. The molecule has 1 aliphatic rings. The van der Waals surface area contributed by atoms with Crippen molar-refractivity contribution in [3.63, 3.8) is 0 Å². The summed E-state index contributed by atoms with van der Waals surface area (Å²) in [5, 5.41) is 2.54. The summed E-state index contributed by atoms with van der Waals surface area (Å²) < 4.78 is 40.6. The first-order valence-corrected chi connectivity index (χ1v) is 8.91. The number of halogens is 2. The normalized spacial score (nSPS) is 15.8. The largest absolute Gasteiger partial charge is 0.325 e. The van der Waals surface area contributed by atoms with Crippen LogP contribution in [-0.4, -0.2) is 14.3 Å². The second kappa shape index (κ2) is 5.46. The molecule has 0 bridgehead atoms. The van der Waals surface area contributed by atoms with Crippen molar-refractivity contribution in [3.05, 3.63) is 52.8 Å². The van der Waals surface area contributed by atoms with E-state index < -0.39 is 21.3 Å². The van der Waals surface area contributed by atoms with Crippen LogP contribution in [0.2, 0.25) is 5.02 Å². The van der Waals surface area contributed by atoms with Crippen LogP contribution in [-0.2, 0) is 20.2 Å². The molecule has 0 aromatic heterocycles. The highest BCUT2D eigenvalue weighted by atomic mass is 35.5. The maximum atomic E-state index is 13.2. The maximum absolute atomic E-state index is 13.2. The zero-order valence-corrected chi connectivity index (χ0v) is 14.4. The van der Waals surface area contributed by atoms with Gasteiger partial charge >= 0.3 is 0 Å².